The molecule has 0 unspecified atom stereocenters. The molecule has 0 spiro atoms. The number of rotatable bonds is 13. The third-order valence-electron chi connectivity index (χ3n) is 6.45. The van der Waals surface area contributed by atoms with Crippen LogP contribution in [0.5, 0.6) is 5.88 Å². The lowest BCUT2D eigenvalue weighted by molar-refractivity contribution is -0.171. The van der Waals surface area contributed by atoms with Crippen LogP contribution in [0, 0.1) is 5.41 Å². The van der Waals surface area contributed by atoms with Crippen molar-refractivity contribution in [3.63, 3.8) is 0 Å². The molecule has 0 saturated carbocycles. The van der Waals surface area contributed by atoms with Crippen LogP contribution in [0.25, 0.3) is 0 Å². The Bertz CT molecular complexity index is 758. The maximum Gasteiger partial charge on any atom is 0.270 e. The minimum absolute atomic E-state index is 0.134. The van der Waals surface area contributed by atoms with Gasteiger partial charge in [-0.15, -0.1) is 0 Å². The second-order valence-corrected chi connectivity index (χ2v) is 8.62. The van der Waals surface area contributed by atoms with E-state index in [4.69, 9.17) is 18.9 Å². The van der Waals surface area contributed by atoms with E-state index in [2.05, 4.69) is 15.2 Å². The Labute approximate surface area is 188 Å². The topological polar surface area (TPSA) is 102 Å². The van der Waals surface area contributed by atoms with Crippen LogP contribution in [0.2, 0.25) is 0 Å². The molecule has 32 heavy (non-hydrogen) atoms. The molecule has 3 rings (SSSR count). The Hall–Kier alpha value is -2.01. The number of ether oxygens (including phenoxy) is 4. The average Bonchev–Trinajstić information content (AvgIpc) is 2.76. The summed E-state index contributed by atoms with van der Waals surface area (Å²) in [6.45, 7) is 5.42. The number of carbonyl (C=O) groups excluding carboxylic acids is 1. The van der Waals surface area contributed by atoms with Crippen LogP contribution < -0.4 is 15.0 Å². The number of aromatic nitrogens is 1. The maximum atomic E-state index is 12.9. The standard InChI is InChI=1S/C22H34FN3O6/c1-4-22(5-2,10-27)25-19(28)17-6-7-18(26-8-16(9-26)29-3)20(24-17)32-14-21(11-30-12-21)13-31-15-23/h6-7,16,27H,4-5,8-15H2,1-3H3,(H,25,28). The van der Waals surface area contributed by atoms with Crippen LogP contribution in [0.3, 0.4) is 0 Å². The summed E-state index contributed by atoms with van der Waals surface area (Å²) >= 11 is 0. The van der Waals surface area contributed by atoms with E-state index in [-0.39, 0.29) is 37.5 Å². The number of carbonyl (C=O) groups is 1. The fourth-order valence-electron chi connectivity index (χ4n) is 3.76. The largest absolute Gasteiger partial charge is 0.475 e. The normalized spacial score (nSPS) is 18.1. The number of aliphatic hydroxyl groups excluding tert-OH is 1. The zero-order chi connectivity index (χ0) is 23.2. The second kappa shape index (κ2) is 10.7. The molecule has 0 atom stereocenters. The summed E-state index contributed by atoms with van der Waals surface area (Å²) in [5.74, 6) is -0.0543. The molecule has 10 heteroatoms. The maximum absolute atomic E-state index is 12.9. The fourth-order valence-corrected chi connectivity index (χ4v) is 3.76. The van der Waals surface area contributed by atoms with Gasteiger partial charge in [0, 0.05) is 20.2 Å². The van der Waals surface area contributed by atoms with Gasteiger partial charge in [-0.05, 0) is 25.0 Å². The van der Waals surface area contributed by atoms with E-state index < -0.39 is 17.8 Å². The van der Waals surface area contributed by atoms with E-state index in [0.29, 0.717) is 45.0 Å². The first-order valence-electron chi connectivity index (χ1n) is 11.0. The van der Waals surface area contributed by atoms with Gasteiger partial charge in [0.25, 0.3) is 5.91 Å². The van der Waals surface area contributed by atoms with Crippen molar-refractivity contribution in [1.82, 2.24) is 10.3 Å². The quantitative estimate of drug-likeness (QED) is 0.462. The Morgan fingerprint density at radius 2 is 2.06 bits per heavy atom. The fraction of sp³-hybridized carbons (Fsp3) is 0.727. The van der Waals surface area contributed by atoms with Gasteiger partial charge in [-0.25, -0.2) is 9.37 Å². The molecule has 1 aromatic heterocycles. The molecule has 2 saturated heterocycles. The number of halogens is 1. The molecular formula is C22H34FN3O6. The Kier molecular flexibility index (Phi) is 8.26. The van der Waals surface area contributed by atoms with E-state index in [1.165, 1.54) is 0 Å². The number of pyridine rings is 1. The molecule has 0 radical (unpaired) electrons. The first kappa shape index (κ1) is 24.6. The lowest BCUT2D eigenvalue weighted by Crippen LogP contribution is -2.53. The SMILES string of the molecule is CCC(CC)(CO)NC(=O)c1ccc(N2CC(OC)C2)c(OCC2(COCF)COC2)n1. The predicted octanol–water partition coefficient (Wildman–Crippen LogP) is 1.54. The van der Waals surface area contributed by atoms with Crippen LogP contribution >= 0.6 is 0 Å². The van der Waals surface area contributed by atoms with Gasteiger partial charge in [-0.1, -0.05) is 13.8 Å². The van der Waals surface area contributed by atoms with E-state index in [1.54, 1.807) is 13.2 Å². The summed E-state index contributed by atoms with van der Waals surface area (Å²) < 4.78 is 34.2. The van der Waals surface area contributed by atoms with E-state index in [9.17, 15) is 14.3 Å². The highest BCUT2D eigenvalue weighted by atomic mass is 19.1. The molecule has 0 bridgehead atoms. The Morgan fingerprint density at radius 3 is 2.59 bits per heavy atom. The third kappa shape index (κ3) is 5.31. The summed E-state index contributed by atoms with van der Waals surface area (Å²) in [6, 6.07) is 3.46. The number of aliphatic hydroxyl groups is 1. The number of amides is 1. The Balaban J connectivity index is 1.79. The summed E-state index contributed by atoms with van der Waals surface area (Å²) in [5, 5.41) is 12.7. The van der Waals surface area contributed by atoms with Gasteiger partial charge < -0.3 is 34.3 Å². The smallest absolute Gasteiger partial charge is 0.270 e. The van der Waals surface area contributed by atoms with Crippen molar-refractivity contribution in [2.75, 3.05) is 65.0 Å². The number of anilines is 1. The van der Waals surface area contributed by atoms with Gasteiger partial charge in [0.15, 0.2) is 6.86 Å². The third-order valence-corrected chi connectivity index (χ3v) is 6.45. The highest BCUT2D eigenvalue weighted by Gasteiger charge is 2.41. The van der Waals surface area contributed by atoms with Crippen molar-refractivity contribution in [2.24, 2.45) is 5.41 Å². The number of alkyl halides is 1. The van der Waals surface area contributed by atoms with Gasteiger partial charge >= 0.3 is 0 Å². The van der Waals surface area contributed by atoms with Crippen LogP contribution in [0.15, 0.2) is 12.1 Å². The Morgan fingerprint density at radius 1 is 1.34 bits per heavy atom. The molecule has 2 fully saturated rings. The molecule has 1 aromatic rings. The van der Waals surface area contributed by atoms with Crippen molar-refractivity contribution < 1.29 is 33.2 Å². The number of nitrogens with zero attached hydrogens (tertiary/aromatic N) is 2. The summed E-state index contributed by atoms with van der Waals surface area (Å²) in [4.78, 5) is 19.5. The van der Waals surface area contributed by atoms with Gasteiger partial charge in [0.05, 0.1) is 43.5 Å². The van der Waals surface area contributed by atoms with Crippen molar-refractivity contribution in [1.29, 1.82) is 0 Å². The van der Waals surface area contributed by atoms with E-state index >= 15 is 0 Å². The monoisotopic (exact) mass is 455 g/mol. The van der Waals surface area contributed by atoms with Crippen LogP contribution in [0.1, 0.15) is 37.2 Å². The molecule has 9 nitrogen and oxygen atoms in total. The molecule has 0 aromatic carbocycles. The van der Waals surface area contributed by atoms with Crippen LogP contribution in [-0.2, 0) is 14.2 Å². The van der Waals surface area contributed by atoms with Gasteiger partial charge in [0.1, 0.15) is 18.0 Å². The zero-order valence-corrected chi connectivity index (χ0v) is 19.1. The summed E-state index contributed by atoms with van der Waals surface area (Å²) in [5.41, 5.74) is -0.176. The highest BCUT2D eigenvalue weighted by Crippen LogP contribution is 2.34. The van der Waals surface area contributed by atoms with Crippen molar-refractivity contribution in [2.45, 2.75) is 38.3 Å². The minimum atomic E-state index is -0.867. The lowest BCUT2D eigenvalue weighted by atomic mass is 9.88. The molecule has 3 heterocycles. The van der Waals surface area contributed by atoms with Crippen molar-refractivity contribution >= 4 is 11.6 Å². The number of methoxy groups -OCH3 is 1. The van der Waals surface area contributed by atoms with Crippen LogP contribution in [-0.4, -0.2) is 87.7 Å². The van der Waals surface area contributed by atoms with Gasteiger partial charge in [-0.3, -0.25) is 4.79 Å². The molecule has 2 aliphatic heterocycles. The van der Waals surface area contributed by atoms with Crippen molar-refractivity contribution in [3.05, 3.63) is 17.8 Å². The molecule has 0 aliphatic carbocycles. The minimum Gasteiger partial charge on any atom is -0.475 e. The molecule has 2 N–H and O–H groups in total. The molecule has 1 amide bonds. The number of hydrogen-bond donors (Lipinski definition) is 2. The first-order valence-corrected chi connectivity index (χ1v) is 11.0. The predicted molar refractivity (Wildman–Crippen MR) is 116 cm³/mol. The number of hydrogen-bond acceptors (Lipinski definition) is 8. The van der Waals surface area contributed by atoms with Crippen LogP contribution in [0.4, 0.5) is 10.1 Å². The van der Waals surface area contributed by atoms with E-state index in [0.717, 1.165) is 5.69 Å². The number of nitrogens with one attached hydrogen (secondary N) is 1. The summed E-state index contributed by atoms with van der Waals surface area (Å²) in [7, 11) is 1.67. The molecule has 2 aliphatic rings. The highest BCUT2D eigenvalue weighted by molar-refractivity contribution is 5.93. The van der Waals surface area contributed by atoms with Crippen molar-refractivity contribution in [3.8, 4) is 5.88 Å². The summed E-state index contributed by atoms with van der Waals surface area (Å²) in [6.07, 6.45) is 1.32. The zero-order valence-electron chi connectivity index (χ0n) is 19.1. The second-order valence-electron chi connectivity index (χ2n) is 8.62. The first-order chi connectivity index (χ1) is 15.4. The average molecular weight is 456 g/mol. The molecule has 180 valence electrons. The lowest BCUT2D eigenvalue weighted by Gasteiger charge is -2.42. The van der Waals surface area contributed by atoms with Gasteiger partial charge in [0.2, 0.25) is 5.88 Å². The van der Waals surface area contributed by atoms with Gasteiger partial charge in [-0.2, -0.15) is 0 Å². The van der Waals surface area contributed by atoms with E-state index in [1.807, 2.05) is 19.9 Å². The molecular weight excluding hydrogens is 421 g/mol.